The van der Waals surface area contributed by atoms with Crippen molar-refractivity contribution in [2.24, 2.45) is 5.73 Å². The van der Waals surface area contributed by atoms with Crippen molar-refractivity contribution in [3.8, 4) is 11.5 Å². The van der Waals surface area contributed by atoms with E-state index in [0.717, 1.165) is 42.7 Å². The Balaban J connectivity index is 2.02. The van der Waals surface area contributed by atoms with E-state index in [-0.39, 0.29) is 0 Å². The van der Waals surface area contributed by atoms with Crippen LogP contribution in [0.4, 0.5) is 0 Å². The van der Waals surface area contributed by atoms with E-state index in [1.807, 2.05) is 18.2 Å². The van der Waals surface area contributed by atoms with Gasteiger partial charge >= 0.3 is 0 Å². The van der Waals surface area contributed by atoms with Crippen molar-refractivity contribution < 1.29 is 14.6 Å². The summed E-state index contributed by atoms with van der Waals surface area (Å²) in [5.41, 5.74) is 5.94. The van der Waals surface area contributed by atoms with E-state index in [1.54, 1.807) is 7.11 Å². The molecule has 106 valence electrons. The number of hydrogen-bond donors (Lipinski definition) is 2. The van der Waals surface area contributed by atoms with Crippen molar-refractivity contribution in [1.82, 2.24) is 0 Å². The molecule has 0 saturated heterocycles. The molecule has 0 amide bonds. The third kappa shape index (κ3) is 3.61. The van der Waals surface area contributed by atoms with Crippen LogP contribution >= 0.6 is 0 Å². The van der Waals surface area contributed by atoms with Gasteiger partial charge in [0.2, 0.25) is 0 Å². The van der Waals surface area contributed by atoms with Crippen LogP contribution in [-0.2, 0) is 6.54 Å². The minimum Gasteiger partial charge on any atom is -0.497 e. The van der Waals surface area contributed by atoms with Crippen LogP contribution in [0.15, 0.2) is 18.2 Å². The lowest BCUT2D eigenvalue weighted by Crippen LogP contribution is -2.38. The summed E-state index contributed by atoms with van der Waals surface area (Å²) in [4.78, 5) is 0. The molecule has 2 rings (SSSR count). The molecule has 1 aliphatic rings. The van der Waals surface area contributed by atoms with Gasteiger partial charge in [0.15, 0.2) is 0 Å². The molecule has 0 unspecified atom stereocenters. The van der Waals surface area contributed by atoms with Gasteiger partial charge in [-0.3, -0.25) is 0 Å². The number of hydrogen-bond acceptors (Lipinski definition) is 4. The van der Waals surface area contributed by atoms with E-state index in [1.165, 1.54) is 6.42 Å². The van der Waals surface area contributed by atoms with Crippen LogP contribution in [0.5, 0.6) is 11.5 Å². The maximum atomic E-state index is 10.4. The predicted molar refractivity (Wildman–Crippen MR) is 74.4 cm³/mol. The van der Waals surface area contributed by atoms with Crippen molar-refractivity contribution in [3.63, 3.8) is 0 Å². The lowest BCUT2D eigenvalue weighted by molar-refractivity contribution is -0.0341. The summed E-state index contributed by atoms with van der Waals surface area (Å²) < 4.78 is 10.9. The summed E-state index contributed by atoms with van der Waals surface area (Å²) >= 11 is 0. The van der Waals surface area contributed by atoms with Crippen LogP contribution in [0.2, 0.25) is 0 Å². The molecule has 0 bridgehead atoms. The normalized spacial score (nSPS) is 18.1. The summed E-state index contributed by atoms with van der Waals surface area (Å²) in [6.07, 6.45) is 5.00. The van der Waals surface area contributed by atoms with E-state index < -0.39 is 5.60 Å². The molecule has 19 heavy (non-hydrogen) atoms. The molecule has 4 nitrogen and oxygen atoms in total. The summed E-state index contributed by atoms with van der Waals surface area (Å²) in [6, 6.07) is 5.58. The molecule has 1 aromatic rings. The summed E-state index contributed by atoms with van der Waals surface area (Å²) in [7, 11) is 1.63. The molecule has 4 heteroatoms. The number of nitrogens with two attached hydrogens (primary N) is 1. The van der Waals surface area contributed by atoms with Crippen molar-refractivity contribution in [2.75, 3.05) is 13.7 Å². The fraction of sp³-hybridized carbons (Fsp3) is 0.600. The molecular weight excluding hydrogens is 242 g/mol. The van der Waals surface area contributed by atoms with E-state index in [0.29, 0.717) is 13.2 Å². The van der Waals surface area contributed by atoms with Crippen molar-refractivity contribution in [3.05, 3.63) is 23.8 Å². The topological polar surface area (TPSA) is 64.7 Å². The zero-order valence-corrected chi connectivity index (χ0v) is 11.5. The maximum absolute atomic E-state index is 10.4. The largest absolute Gasteiger partial charge is 0.497 e. The van der Waals surface area contributed by atoms with Gasteiger partial charge in [-0.2, -0.15) is 0 Å². The third-order valence-corrected chi connectivity index (χ3v) is 3.77. The average Bonchev–Trinajstić information content (AvgIpc) is 2.45. The van der Waals surface area contributed by atoms with Crippen LogP contribution < -0.4 is 15.2 Å². The molecule has 1 aliphatic carbocycles. The first kappa shape index (κ1) is 14.2. The summed E-state index contributed by atoms with van der Waals surface area (Å²) in [6.45, 7) is 0.733. The van der Waals surface area contributed by atoms with Gasteiger partial charge in [0, 0.05) is 12.1 Å². The smallest absolute Gasteiger partial charge is 0.124 e. The van der Waals surface area contributed by atoms with Gasteiger partial charge in [-0.05, 0) is 31.0 Å². The predicted octanol–water partition coefficient (Wildman–Crippen LogP) is 2.23. The Hall–Kier alpha value is -1.26. The van der Waals surface area contributed by atoms with Crippen LogP contribution in [0.25, 0.3) is 0 Å². The second-order valence-electron chi connectivity index (χ2n) is 5.25. The Morgan fingerprint density at radius 1 is 1.26 bits per heavy atom. The number of ether oxygens (including phenoxy) is 2. The highest BCUT2D eigenvalue weighted by molar-refractivity contribution is 5.40. The molecule has 1 saturated carbocycles. The molecule has 0 aromatic heterocycles. The molecule has 0 radical (unpaired) electrons. The van der Waals surface area contributed by atoms with Crippen molar-refractivity contribution >= 4 is 0 Å². The van der Waals surface area contributed by atoms with E-state index in [9.17, 15) is 5.11 Å². The Morgan fingerprint density at radius 3 is 2.63 bits per heavy atom. The highest BCUT2D eigenvalue weighted by Crippen LogP contribution is 2.30. The Kier molecular flexibility index (Phi) is 4.66. The molecule has 1 aromatic carbocycles. The first-order valence-corrected chi connectivity index (χ1v) is 6.89. The molecule has 0 aliphatic heterocycles. The van der Waals surface area contributed by atoms with Crippen LogP contribution in [0.1, 0.15) is 37.7 Å². The second kappa shape index (κ2) is 6.26. The maximum Gasteiger partial charge on any atom is 0.124 e. The molecule has 0 heterocycles. The molecule has 3 N–H and O–H groups in total. The number of rotatable bonds is 5. The van der Waals surface area contributed by atoms with Gasteiger partial charge in [-0.25, -0.2) is 0 Å². The van der Waals surface area contributed by atoms with E-state index >= 15 is 0 Å². The lowest BCUT2D eigenvalue weighted by Gasteiger charge is -2.32. The standard InChI is InChI=1S/C15H23NO3/c1-18-13-5-6-14(12(9-13)10-16)19-11-15(17)7-3-2-4-8-15/h5-6,9,17H,2-4,7-8,10-11,16H2,1H3. The van der Waals surface area contributed by atoms with Gasteiger partial charge in [0.05, 0.1) is 12.7 Å². The quantitative estimate of drug-likeness (QED) is 0.857. The fourth-order valence-corrected chi connectivity index (χ4v) is 2.55. The highest BCUT2D eigenvalue weighted by atomic mass is 16.5. The molecule has 0 spiro atoms. The molecule has 1 fully saturated rings. The third-order valence-electron chi connectivity index (χ3n) is 3.77. The fourth-order valence-electron chi connectivity index (χ4n) is 2.55. The van der Waals surface area contributed by atoms with Gasteiger partial charge < -0.3 is 20.3 Å². The Labute approximate surface area is 114 Å². The van der Waals surface area contributed by atoms with Gasteiger partial charge in [-0.1, -0.05) is 19.3 Å². The number of aliphatic hydroxyl groups is 1. The van der Waals surface area contributed by atoms with Crippen molar-refractivity contribution in [1.29, 1.82) is 0 Å². The Morgan fingerprint density at radius 2 is 2.00 bits per heavy atom. The highest BCUT2D eigenvalue weighted by Gasteiger charge is 2.30. The summed E-state index contributed by atoms with van der Waals surface area (Å²) in [5, 5.41) is 10.4. The zero-order chi connectivity index (χ0) is 13.7. The van der Waals surface area contributed by atoms with Gasteiger partial charge in [0.1, 0.15) is 18.1 Å². The van der Waals surface area contributed by atoms with Crippen LogP contribution in [0, 0.1) is 0 Å². The molecular formula is C15H23NO3. The van der Waals surface area contributed by atoms with Crippen molar-refractivity contribution in [2.45, 2.75) is 44.2 Å². The lowest BCUT2D eigenvalue weighted by atomic mass is 9.85. The average molecular weight is 265 g/mol. The SMILES string of the molecule is COc1ccc(OCC2(O)CCCCC2)c(CN)c1. The minimum atomic E-state index is -0.677. The van der Waals surface area contributed by atoms with E-state index in [4.69, 9.17) is 15.2 Å². The first-order chi connectivity index (χ1) is 9.17. The monoisotopic (exact) mass is 265 g/mol. The van der Waals surface area contributed by atoms with Crippen LogP contribution in [0.3, 0.4) is 0 Å². The molecule has 0 atom stereocenters. The summed E-state index contributed by atoms with van der Waals surface area (Å²) in [5.74, 6) is 1.51. The second-order valence-corrected chi connectivity index (χ2v) is 5.25. The number of methoxy groups -OCH3 is 1. The van der Waals surface area contributed by atoms with E-state index in [2.05, 4.69) is 0 Å². The zero-order valence-electron chi connectivity index (χ0n) is 11.5. The minimum absolute atomic E-state index is 0.340. The Bertz CT molecular complexity index is 414. The van der Waals surface area contributed by atoms with Crippen LogP contribution in [-0.4, -0.2) is 24.4 Å². The van der Waals surface area contributed by atoms with Gasteiger partial charge in [0.25, 0.3) is 0 Å². The number of benzene rings is 1. The first-order valence-electron chi connectivity index (χ1n) is 6.89. The van der Waals surface area contributed by atoms with Gasteiger partial charge in [-0.15, -0.1) is 0 Å².